The van der Waals surface area contributed by atoms with Gasteiger partial charge in [0, 0.05) is 19.6 Å². The number of rotatable bonds is 33. The maximum atomic E-state index is 13.4. The van der Waals surface area contributed by atoms with E-state index in [1.54, 1.807) is 18.2 Å². The Morgan fingerprint density at radius 3 is 0.708 bits per heavy atom. The van der Waals surface area contributed by atoms with Crippen LogP contribution in [0.2, 0.25) is 0 Å². The summed E-state index contributed by atoms with van der Waals surface area (Å²) in [5.74, 6) is 0. The van der Waals surface area contributed by atoms with Gasteiger partial charge < -0.3 is 0 Å². The average molecular weight is 673 g/mol. The number of aromatic nitrogens is 3. The van der Waals surface area contributed by atoms with Crippen LogP contribution in [-0.2, 0) is 34.0 Å². The molecule has 0 amide bonds. The summed E-state index contributed by atoms with van der Waals surface area (Å²) >= 11 is 0. The molecule has 0 bridgehead atoms. The molecule has 1 aromatic rings. The quantitative estimate of drug-likeness (QED) is 0.0469. The number of aliphatic imine (C=N–C) groups is 3. The van der Waals surface area contributed by atoms with Gasteiger partial charge >= 0.3 is 17.1 Å². The zero-order valence-corrected chi connectivity index (χ0v) is 29.3. The molecule has 12 heteroatoms. The van der Waals surface area contributed by atoms with Crippen LogP contribution in [0.3, 0.4) is 0 Å². The third-order valence-corrected chi connectivity index (χ3v) is 8.78. The van der Waals surface area contributed by atoms with Crippen LogP contribution in [0.1, 0.15) is 154 Å². The summed E-state index contributed by atoms with van der Waals surface area (Å²) in [7, 11) is 0. The lowest BCUT2D eigenvalue weighted by molar-refractivity contribution is 0.410. The van der Waals surface area contributed by atoms with Crippen LogP contribution < -0.4 is 17.1 Å². The summed E-state index contributed by atoms with van der Waals surface area (Å²) in [6, 6.07) is 0. The number of carbonyl (C=O) groups excluding carboxylic acids is 3. The standard InChI is InChI=1S/C36H60N6O6/c43-31-37-25-19-13-7-1-4-10-16-22-28-40-34(46)41(29-23-17-11-5-2-8-14-20-26-38-32-44)36(48)42(35(40)47)30-24-18-12-6-3-9-15-21-27-39-33-45/h1-30H2. The second-order valence-corrected chi connectivity index (χ2v) is 12.7. The number of hydrogen-bond donors (Lipinski definition) is 0. The summed E-state index contributed by atoms with van der Waals surface area (Å²) < 4.78 is 3.83. The predicted octanol–water partition coefficient (Wildman–Crippen LogP) is 6.54. The monoisotopic (exact) mass is 672 g/mol. The molecule has 270 valence electrons. The van der Waals surface area contributed by atoms with Gasteiger partial charge in [-0.05, 0) is 38.5 Å². The molecule has 1 aromatic heterocycles. The van der Waals surface area contributed by atoms with E-state index >= 15 is 0 Å². The van der Waals surface area contributed by atoms with E-state index < -0.39 is 17.1 Å². The smallest absolute Gasteiger partial charge is 0.247 e. The van der Waals surface area contributed by atoms with Crippen molar-refractivity contribution in [2.24, 2.45) is 15.0 Å². The van der Waals surface area contributed by atoms with E-state index in [0.717, 1.165) is 135 Å². The summed E-state index contributed by atoms with van der Waals surface area (Å²) in [4.78, 5) is 81.2. The molecule has 0 fully saturated rings. The SMILES string of the molecule is O=C=NCCCCCCCCCCn1c(=O)n(CCCCCCCCCCN=C=O)c(=O)n(CCCCCCCCCCN=C=O)c1=O. The van der Waals surface area contributed by atoms with E-state index in [0.29, 0.717) is 58.5 Å². The molecule has 0 N–H and O–H groups in total. The van der Waals surface area contributed by atoms with Gasteiger partial charge in [0.15, 0.2) is 0 Å². The molecule has 1 heterocycles. The van der Waals surface area contributed by atoms with Gasteiger partial charge in [-0.3, -0.25) is 0 Å². The van der Waals surface area contributed by atoms with Gasteiger partial charge in [0.1, 0.15) is 0 Å². The van der Waals surface area contributed by atoms with Crippen molar-refractivity contribution in [2.75, 3.05) is 19.6 Å². The first-order chi connectivity index (χ1) is 23.6. The first-order valence-electron chi connectivity index (χ1n) is 18.6. The van der Waals surface area contributed by atoms with E-state index in [1.807, 2.05) is 0 Å². The van der Waals surface area contributed by atoms with Crippen molar-refractivity contribution in [3.63, 3.8) is 0 Å². The summed E-state index contributed by atoms with van der Waals surface area (Å²) in [6.45, 7) is 2.58. The summed E-state index contributed by atoms with van der Waals surface area (Å²) in [5, 5.41) is 0. The summed E-state index contributed by atoms with van der Waals surface area (Å²) in [6.07, 6.45) is 28.3. The highest BCUT2D eigenvalue weighted by Crippen LogP contribution is 2.11. The lowest BCUT2D eigenvalue weighted by Gasteiger charge is -2.14. The molecular weight excluding hydrogens is 612 g/mol. The van der Waals surface area contributed by atoms with Gasteiger partial charge in [0.05, 0.1) is 19.6 Å². The van der Waals surface area contributed by atoms with Crippen LogP contribution in [0.5, 0.6) is 0 Å². The maximum absolute atomic E-state index is 13.4. The van der Waals surface area contributed by atoms with Gasteiger partial charge in [-0.2, -0.15) is 0 Å². The first-order valence-corrected chi connectivity index (χ1v) is 18.6. The fourth-order valence-corrected chi connectivity index (χ4v) is 5.96. The Labute approximate surface area is 285 Å². The normalized spacial score (nSPS) is 10.8. The Balaban J connectivity index is 2.65. The van der Waals surface area contributed by atoms with E-state index in [-0.39, 0.29) is 0 Å². The largest absolute Gasteiger partial charge is 0.336 e. The second kappa shape index (κ2) is 30.9. The summed E-state index contributed by atoms with van der Waals surface area (Å²) in [5.41, 5.74) is -1.47. The van der Waals surface area contributed by atoms with E-state index in [2.05, 4.69) is 15.0 Å². The minimum atomic E-state index is -0.490. The van der Waals surface area contributed by atoms with E-state index in [9.17, 15) is 28.8 Å². The molecule has 12 nitrogen and oxygen atoms in total. The molecule has 0 atom stereocenters. The second-order valence-electron chi connectivity index (χ2n) is 12.7. The Kier molecular flexibility index (Phi) is 27.4. The fraction of sp³-hybridized carbons (Fsp3) is 0.833. The Hall–Kier alpha value is -3.45. The van der Waals surface area contributed by atoms with Crippen LogP contribution in [0.15, 0.2) is 29.4 Å². The highest BCUT2D eigenvalue weighted by molar-refractivity contribution is 5.33. The number of nitrogens with zero attached hydrogens (tertiary/aromatic N) is 6. The molecule has 0 aliphatic rings. The third-order valence-electron chi connectivity index (χ3n) is 8.78. The van der Waals surface area contributed by atoms with Crippen molar-refractivity contribution >= 4 is 18.2 Å². The van der Waals surface area contributed by atoms with Crippen LogP contribution in [0.25, 0.3) is 0 Å². The Bertz CT molecular complexity index is 1110. The maximum Gasteiger partial charge on any atom is 0.336 e. The highest BCUT2D eigenvalue weighted by Gasteiger charge is 2.15. The zero-order chi connectivity index (χ0) is 34.9. The lowest BCUT2D eigenvalue weighted by atomic mass is 10.1. The topological polar surface area (TPSA) is 154 Å². The number of unbranched alkanes of at least 4 members (excludes halogenated alkanes) is 21. The number of hydrogen-bond acceptors (Lipinski definition) is 9. The zero-order valence-electron chi connectivity index (χ0n) is 29.3. The molecule has 0 saturated carbocycles. The van der Waals surface area contributed by atoms with Crippen molar-refractivity contribution in [2.45, 2.75) is 174 Å². The molecule has 1 rings (SSSR count). The first kappa shape index (κ1) is 42.6. The van der Waals surface area contributed by atoms with Crippen molar-refractivity contribution in [1.82, 2.24) is 13.7 Å². The fourth-order valence-electron chi connectivity index (χ4n) is 5.96. The van der Waals surface area contributed by atoms with Gasteiger partial charge in [-0.25, -0.2) is 57.4 Å². The van der Waals surface area contributed by atoms with Gasteiger partial charge in [-0.15, -0.1) is 0 Å². The number of isocyanates is 3. The van der Waals surface area contributed by atoms with Crippen LogP contribution in [0.4, 0.5) is 0 Å². The van der Waals surface area contributed by atoms with Gasteiger partial charge in [0.25, 0.3) is 0 Å². The predicted molar refractivity (Wildman–Crippen MR) is 189 cm³/mol. The van der Waals surface area contributed by atoms with Gasteiger partial charge in [0.2, 0.25) is 18.2 Å². The molecule has 0 aromatic carbocycles. The van der Waals surface area contributed by atoms with E-state index in [4.69, 9.17) is 0 Å². The lowest BCUT2D eigenvalue weighted by Crippen LogP contribution is -2.54. The van der Waals surface area contributed by atoms with Crippen LogP contribution in [-0.4, -0.2) is 51.6 Å². The van der Waals surface area contributed by atoms with Crippen molar-refractivity contribution in [3.8, 4) is 0 Å². The van der Waals surface area contributed by atoms with Crippen molar-refractivity contribution < 1.29 is 14.4 Å². The van der Waals surface area contributed by atoms with Crippen molar-refractivity contribution in [3.05, 3.63) is 31.5 Å². The molecule has 0 aliphatic heterocycles. The minimum absolute atomic E-state index is 0.317. The van der Waals surface area contributed by atoms with Crippen molar-refractivity contribution in [1.29, 1.82) is 0 Å². The third kappa shape index (κ3) is 20.7. The van der Waals surface area contributed by atoms with Crippen LogP contribution >= 0.6 is 0 Å². The molecule has 0 unspecified atom stereocenters. The highest BCUT2D eigenvalue weighted by atomic mass is 16.2. The Morgan fingerprint density at radius 1 is 0.312 bits per heavy atom. The minimum Gasteiger partial charge on any atom is -0.247 e. The van der Waals surface area contributed by atoms with E-state index in [1.165, 1.54) is 13.7 Å². The Morgan fingerprint density at radius 2 is 0.500 bits per heavy atom. The van der Waals surface area contributed by atoms with Crippen LogP contribution in [0, 0.1) is 0 Å². The molecule has 0 aliphatic carbocycles. The van der Waals surface area contributed by atoms with Gasteiger partial charge in [-0.1, -0.05) is 116 Å². The molecule has 0 spiro atoms. The molecular formula is C36H60N6O6. The molecule has 0 saturated heterocycles. The molecule has 48 heavy (non-hydrogen) atoms. The molecule has 0 radical (unpaired) electrons. The average Bonchev–Trinajstić information content (AvgIpc) is 3.08.